The van der Waals surface area contributed by atoms with Crippen molar-refractivity contribution < 1.29 is 9.53 Å². The van der Waals surface area contributed by atoms with Crippen LogP contribution in [0, 0.1) is 0 Å². The number of fused-ring (bicyclic) bond motifs is 3. The lowest BCUT2D eigenvalue weighted by Crippen LogP contribution is -2.33. The second-order valence-corrected chi connectivity index (χ2v) is 10.1. The van der Waals surface area contributed by atoms with Crippen LogP contribution in [0.1, 0.15) is 29.1 Å². The van der Waals surface area contributed by atoms with Gasteiger partial charge in [0.25, 0.3) is 5.56 Å². The molecular weight excluding hydrogens is 460 g/mol. The van der Waals surface area contributed by atoms with Crippen LogP contribution in [0.15, 0.2) is 59.4 Å². The largest absolute Gasteiger partial charge is 0.457 e. The maximum atomic E-state index is 13.6. The first kappa shape index (κ1) is 23.3. The number of ether oxygens (including phenoxy) is 1. The molecule has 2 aromatic heterocycles. The van der Waals surface area contributed by atoms with Crippen molar-refractivity contribution in [3.63, 3.8) is 0 Å². The maximum Gasteiger partial charge on any atom is 0.263 e. The number of anilines is 1. The molecule has 1 aliphatic carbocycles. The molecule has 0 saturated heterocycles. The molecule has 0 atom stereocenters. The van der Waals surface area contributed by atoms with Crippen molar-refractivity contribution in [3.05, 3.63) is 81.2 Å². The number of aromatic nitrogens is 2. The van der Waals surface area contributed by atoms with Gasteiger partial charge in [0.1, 0.15) is 28.7 Å². The highest BCUT2D eigenvalue weighted by Crippen LogP contribution is 2.34. The van der Waals surface area contributed by atoms with Crippen LogP contribution in [0.25, 0.3) is 10.2 Å². The molecule has 0 fully saturated rings. The van der Waals surface area contributed by atoms with E-state index in [1.54, 1.807) is 35.6 Å². The zero-order valence-electron chi connectivity index (χ0n) is 19.9. The average Bonchev–Trinajstić information content (AvgIpc) is 3.21. The summed E-state index contributed by atoms with van der Waals surface area (Å²) in [7, 11) is 3.86. The molecule has 2 heterocycles. The Labute approximate surface area is 208 Å². The molecule has 4 aromatic rings. The molecule has 180 valence electrons. The van der Waals surface area contributed by atoms with Crippen molar-refractivity contribution in [2.45, 2.75) is 38.8 Å². The number of hydrogen-bond donors (Lipinski definition) is 1. The number of benzene rings is 2. The van der Waals surface area contributed by atoms with Gasteiger partial charge in [-0.3, -0.25) is 14.2 Å². The molecule has 7 nitrogen and oxygen atoms in total. The Morgan fingerprint density at radius 1 is 1.06 bits per heavy atom. The Morgan fingerprint density at radius 2 is 1.77 bits per heavy atom. The number of amides is 1. The van der Waals surface area contributed by atoms with Crippen LogP contribution in [0.3, 0.4) is 0 Å². The number of aryl methyl sites for hydroxylation is 2. The molecule has 35 heavy (non-hydrogen) atoms. The van der Waals surface area contributed by atoms with Gasteiger partial charge in [0.05, 0.1) is 11.9 Å². The second kappa shape index (κ2) is 10.0. The van der Waals surface area contributed by atoms with Crippen LogP contribution < -0.4 is 15.6 Å². The number of hydrogen-bond acceptors (Lipinski definition) is 6. The molecule has 1 amide bonds. The van der Waals surface area contributed by atoms with Crippen LogP contribution in [-0.2, 0) is 30.7 Å². The molecule has 1 N–H and O–H groups in total. The monoisotopic (exact) mass is 488 g/mol. The molecule has 0 radical (unpaired) electrons. The third-order valence-corrected chi connectivity index (χ3v) is 7.22. The van der Waals surface area contributed by atoms with Gasteiger partial charge in [-0.1, -0.05) is 18.2 Å². The summed E-state index contributed by atoms with van der Waals surface area (Å²) in [5, 5.41) is 3.60. The Bertz CT molecular complexity index is 1410. The van der Waals surface area contributed by atoms with Crippen LogP contribution in [-0.4, -0.2) is 34.5 Å². The number of thiophene rings is 1. The highest BCUT2D eigenvalue weighted by molar-refractivity contribution is 7.18. The molecule has 2 aromatic carbocycles. The summed E-state index contributed by atoms with van der Waals surface area (Å²) in [5.74, 6) is 1.76. The first-order valence-electron chi connectivity index (χ1n) is 11.8. The molecule has 8 heteroatoms. The van der Waals surface area contributed by atoms with E-state index in [1.165, 1.54) is 9.44 Å². The molecule has 0 saturated carbocycles. The SMILES string of the molecule is CN(C)Cc1nc2sc3c(c2c(=O)n1CC(=O)Nc1ccc(Oc2ccccc2)cc1)CCCC3. The van der Waals surface area contributed by atoms with Crippen molar-refractivity contribution in [1.29, 1.82) is 0 Å². The van der Waals surface area contributed by atoms with E-state index in [0.717, 1.165) is 41.8 Å². The first-order chi connectivity index (χ1) is 17.0. The zero-order valence-corrected chi connectivity index (χ0v) is 20.7. The van der Waals surface area contributed by atoms with Gasteiger partial charge in [-0.25, -0.2) is 4.98 Å². The van der Waals surface area contributed by atoms with E-state index in [0.29, 0.717) is 29.2 Å². The van der Waals surface area contributed by atoms with Gasteiger partial charge in [0.2, 0.25) is 5.91 Å². The van der Waals surface area contributed by atoms with Gasteiger partial charge in [-0.15, -0.1) is 11.3 Å². The third-order valence-electron chi connectivity index (χ3n) is 6.03. The molecule has 0 spiro atoms. The first-order valence-corrected chi connectivity index (χ1v) is 12.6. The van der Waals surface area contributed by atoms with Crippen LogP contribution in [0.2, 0.25) is 0 Å². The number of para-hydroxylation sites is 1. The van der Waals surface area contributed by atoms with E-state index in [1.807, 2.05) is 49.3 Å². The summed E-state index contributed by atoms with van der Waals surface area (Å²) in [6.07, 6.45) is 4.14. The fraction of sp³-hybridized carbons (Fsp3) is 0.296. The summed E-state index contributed by atoms with van der Waals surface area (Å²) in [6, 6.07) is 16.7. The molecule has 5 rings (SSSR count). The molecule has 0 bridgehead atoms. The lowest BCUT2D eigenvalue weighted by molar-refractivity contribution is -0.116. The molecule has 0 unspecified atom stereocenters. The summed E-state index contributed by atoms with van der Waals surface area (Å²) in [6.45, 7) is 0.393. The number of rotatable bonds is 7. The normalized spacial score (nSPS) is 13.1. The highest BCUT2D eigenvalue weighted by atomic mass is 32.1. The van der Waals surface area contributed by atoms with E-state index in [9.17, 15) is 9.59 Å². The Kier molecular flexibility index (Phi) is 6.66. The van der Waals surface area contributed by atoms with Crippen LogP contribution in [0.4, 0.5) is 5.69 Å². The lowest BCUT2D eigenvalue weighted by Gasteiger charge is -2.16. The molecule has 1 aliphatic rings. The average molecular weight is 489 g/mol. The summed E-state index contributed by atoms with van der Waals surface area (Å²) in [4.78, 5) is 35.4. The number of carbonyl (C=O) groups excluding carboxylic acids is 1. The quantitative estimate of drug-likeness (QED) is 0.403. The van der Waals surface area contributed by atoms with Crippen molar-refractivity contribution in [3.8, 4) is 11.5 Å². The van der Waals surface area contributed by atoms with Crippen molar-refractivity contribution >= 4 is 33.1 Å². The summed E-state index contributed by atoms with van der Waals surface area (Å²) in [5.41, 5.74) is 1.65. The third kappa shape index (κ3) is 5.13. The minimum absolute atomic E-state index is 0.0855. The second-order valence-electron chi connectivity index (χ2n) is 9.04. The van der Waals surface area contributed by atoms with Crippen LogP contribution in [0.5, 0.6) is 11.5 Å². The van der Waals surface area contributed by atoms with Crippen molar-refractivity contribution in [1.82, 2.24) is 14.5 Å². The van der Waals surface area contributed by atoms with Crippen LogP contribution >= 0.6 is 11.3 Å². The van der Waals surface area contributed by atoms with Crippen molar-refractivity contribution in [2.24, 2.45) is 0 Å². The van der Waals surface area contributed by atoms with Gasteiger partial charge >= 0.3 is 0 Å². The predicted molar refractivity (Wildman–Crippen MR) is 140 cm³/mol. The van der Waals surface area contributed by atoms with Gasteiger partial charge in [-0.05, 0) is 81.7 Å². The van der Waals surface area contributed by atoms with Crippen molar-refractivity contribution in [2.75, 3.05) is 19.4 Å². The van der Waals surface area contributed by atoms with E-state index in [2.05, 4.69) is 5.32 Å². The Morgan fingerprint density at radius 3 is 2.51 bits per heavy atom. The number of carbonyl (C=O) groups is 1. The zero-order chi connectivity index (χ0) is 24.4. The fourth-order valence-electron chi connectivity index (χ4n) is 4.42. The molecule has 0 aliphatic heterocycles. The Hall–Kier alpha value is -3.49. The van der Waals surface area contributed by atoms with Gasteiger partial charge < -0.3 is 15.0 Å². The fourth-order valence-corrected chi connectivity index (χ4v) is 5.69. The smallest absolute Gasteiger partial charge is 0.263 e. The topological polar surface area (TPSA) is 76.5 Å². The molecular formula is C27H28N4O3S. The lowest BCUT2D eigenvalue weighted by atomic mass is 9.97. The van der Waals surface area contributed by atoms with E-state index in [-0.39, 0.29) is 18.0 Å². The Balaban J connectivity index is 1.37. The van der Waals surface area contributed by atoms with E-state index < -0.39 is 0 Å². The minimum Gasteiger partial charge on any atom is -0.457 e. The minimum atomic E-state index is -0.269. The predicted octanol–water partition coefficient (Wildman–Crippen LogP) is 4.83. The van der Waals surface area contributed by atoms with E-state index in [4.69, 9.17) is 9.72 Å². The maximum absolute atomic E-state index is 13.6. The number of nitrogens with one attached hydrogen (secondary N) is 1. The van der Waals surface area contributed by atoms with Gasteiger partial charge in [0.15, 0.2) is 0 Å². The number of nitrogens with zero attached hydrogens (tertiary/aromatic N) is 3. The van der Waals surface area contributed by atoms with E-state index >= 15 is 0 Å². The van der Waals surface area contributed by atoms with Gasteiger partial charge in [-0.2, -0.15) is 0 Å². The standard InChI is InChI=1S/C27H28N4O3S/c1-30(2)16-23-29-26-25(21-10-6-7-11-22(21)35-26)27(33)31(23)17-24(32)28-18-12-14-20(15-13-18)34-19-8-4-3-5-9-19/h3-5,8-9,12-15H,6-7,10-11,16-17H2,1-2H3,(H,28,32). The van der Waals surface area contributed by atoms with Gasteiger partial charge in [0, 0.05) is 10.6 Å². The highest BCUT2D eigenvalue weighted by Gasteiger charge is 2.23. The summed E-state index contributed by atoms with van der Waals surface area (Å²) < 4.78 is 7.34. The summed E-state index contributed by atoms with van der Waals surface area (Å²) >= 11 is 1.63.